The number of halogens is 2. The van der Waals surface area contributed by atoms with E-state index in [2.05, 4.69) is 21.1 Å². The van der Waals surface area contributed by atoms with E-state index in [0.717, 1.165) is 22.3 Å². The maximum Gasteiger partial charge on any atom is 0.149 e. The Labute approximate surface area is 171 Å². The molecule has 0 spiro atoms. The third kappa shape index (κ3) is 3.53. The van der Waals surface area contributed by atoms with Gasteiger partial charge in [-0.05, 0) is 42.8 Å². The average Bonchev–Trinajstić information content (AvgIpc) is 3.23. The monoisotopic (exact) mass is 407 g/mol. The molecular formula is C21H15Cl2N5. The van der Waals surface area contributed by atoms with E-state index in [-0.39, 0.29) is 0 Å². The number of hydrogen-bond donors (Lipinski definition) is 1. The Balaban J connectivity index is 1.70. The van der Waals surface area contributed by atoms with Gasteiger partial charge in [0.1, 0.15) is 17.0 Å². The number of hydrogen-bond acceptors (Lipinski definition) is 3. The molecule has 2 heterocycles. The lowest BCUT2D eigenvalue weighted by Gasteiger charge is -2.04. The Morgan fingerprint density at radius 3 is 2.64 bits per heavy atom. The van der Waals surface area contributed by atoms with Gasteiger partial charge in [-0.1, -0.05) is 47.5 Å². The largest absolute Gasteiger partial charge is 0.337 e. The Hall–Kier alpha value is -3.07. The van der Waals surface area contributed by atoms with Crippen molar-refractivity contribution < 1.29 is 0 Å². The van der Waals surface area contributed by atoms with E-state index in [1.54, 1.807) is 10.8 Å². The van der Waals surface area contributed by atoms with Crippen LogP contribution in [0.15, 0.2) is 48.5 Å². The summed E-state index contributed by atoms with van der Waals surface area (Å²) in [6.07, 6.45) is 1.72. The number of fused-ring (bicyclic) bond motifs is 1. The summed E-state index contributed by atoms with van der Waals surface area (Å²) in [5, 5.41) is 15.3. The molecule has 7 heteroatoms. The van der Waals surface area contributed by atoms with Crippen molar-refractivity contribution in [1.29, 1.82) is 5.26 Å². The van der Waals surface area contributed by atoms with Gasteiger partial charge >= 0.3 is 0 Å². The van der Waals surface area contributed by atoms with Crippen molar-refractivity contribution in [3.05, 3.63) is 81.4 Å². The summed E-state index contributed by atoms with van der Waals surface area (Å²) in [4.78, 5) is 7.67. The summed E-state index contributed by atoms with van der Waals surface area (Å²) >= 11 is 12.5. The van der Waals surface area contributed by atoms with E-state index in [1.807, 2.05) is 55.5 Å². The highest BCUT2D eigenvalue weighted by Gasteiger charge is 2.15. The summed E-state index contributed by atoms with van der Waals surface area (Å²) in [6, 6.07) is 17.4. The molecule has 0 saturated heterocycles. The molecule has 0 atom stereocenters. The summed E-state index contributed by atoms with van der Waals surface area (Å²) in [5.74, 6) is 0.504. The molecule has 138 valence electrons. The molecule has 4 aromatic rings. The number of nitrogens with zero attached hydrogens (tertiary/aromatic N) is 4. The van der Waals surface area contributed by atoms with E-state index in [9.17, 15) is 5.26 Å². The van der Waals surface area contributed by atoms with Crippen LogP contribution in [0.4, 0.5) is 0 Å². The Morgan fingerprint density at radius 2 is 1.93 bits per heavy atom. The van der Waals surface area contributed by atoms with Crippen LogP contribution in [0, 0.1) is 18.3 Å². The molecule has 0 aliphatic heterocycles. The highest BCUT2D eigenvalue weighted by atomic mass is 35.5. The SMILES string of the molecule is Cc1nn(Cc2ccc(Cl)cc2)c(Cl)c1/C=C(\C#N)c1nc2ccccc2[nH]1. The van der Waals surface area contributed by atoms with Crippen LogP contribution in [0.2, 0.25) is 10.2 Å². The van der Waals surface area contributed by atoms with Crippen LogP contribution in [0.25, 0.3) is 22.7 Å². The van der Waals surface area contributed by atoms with Crippen molar-refractivity contribution in [2.45, 2.75) is 13.5 Å². The summed E-state index contributed by atoms with van der Waals surface area (Å²) in [7, 11) is 0. The van der Waals surface area contributed by atoms with Crippen LogP contribution in [0.3, 0.4) is 0 Å². The standard InChI is InChI=1S/C21H15Cl2N5/c1-13-17(20(23)28(27-13)12-14-6-8-16(22)9-7-14)10-15(11-24)21-25-18-4-2-3-5-19(18)26-21/h2-10H,12H2,1H3,(H,25,26)/b15-10+. The molecule has 1 N–H and O–H groups in total. The Bertz CT molecular complexity index is 1190. The van der Waals surface area contributed by atoms with Crippen molar-refractivity contribution in [2.24, 2.45) is 0 Å². The Morgan fingerprint density at radius 1 is 1.18 bits per heavy atom. The van der Waals surface area contributed by atoms with E-state index in [4.69, 9.17) is 23.2 Å². The summed E-state index contributed by atoms with van der Waals surface area (Å²) in [6.45, 7) is 2.38. The van der Waals surface area contributed by atoms with Gasteiger partial charge in [-0.15, -0.1) is 0 Å². The molecule has 2 aromatic heterocycles. The molecule has 0 unspecified atom stereocenters. The number of H-pyrrole nitrogens is 1. The number of aromatic amines is 1. The lowest BCUT2D eigenvalue weighted by atomic mass is 10.1. The molecular weight excluding hydrogens is 393 g/mol. The van der Waals surface area contributed by atoms with Gasteiger partial charge in [0, 0.05) is 10.6 Å². The minimum atomic E-state index is 0.396. The number of nitrogens with one attached hydrogen (secondary N) is 1. The minimum absolute atomic E-state index is 0.396. The number of aryl methyl sites for hydroxylation is 1. The number of allylic oxidation sites excluding steroid dienone is 1. The molecule has 0 aliphatic carbocycles. The fraction of sp³-hybridized carbons (Fsp3) is 0.0952. The molecule has 2 aromatic carbocycles. The number of aromatic nitrogens is 4. The number of rotatable bonds is 4. The van der Waals surface area contributed by atoms with E-state index < -0.39 is 0 Å². The topological polar surface area (TPSA) is 70.3 Å². The zero-order valence-corrected chi connectivity index (χ0v) is 16.5. The first-order valence-corrected chi connectivity index (χ1v) is 9.35. The van der Waals surface area contributed by atoms with Gasteiger partial charge in [0.2, 0.25) is 0 Å². The van der Waals surface area contributed by atoms with E-state index in [0.29, 0.717) is 33.7 Å². The van der Waals surface area contributed by atoms with Gasteiger partial charge in [-0.3, -0.25) is 0 Å². The fourth-order valence-corrected chi connectivity index (χ4v) is 3.39. The lowest BCUT2D eigenvalue weighted by Crippen LogP contribution is -2.01. The fourth-order valence-electron chi connectivity index (χ4n) is 2.98. The van der Waals surface area contributed by atoms with E-state index >= 15 is 0 Å². The molecule has 0 saturated carbocycles. The van der Waals surface area contributed by atoms with Crippen molar-refractivity contribution in [2.75, 3.05) is 0 Å². The molecule has 5 nitrogen and oxygen atoms in total. The second-order valence-electron chi connectivity index (χ2n) is 6.35. The first-order valence-electron chi connectivity index (χ1n) is 8.59. The molecule has 0 bridgehead atoms. The maximum atomic E-state index is 9.65. The molecule has 28 heavy (non-hydrogen) atoms. The number of imidazole rings is 1. The van der Waals surface area contributed by atoms with Crippen LogP contribution in [0.1, 0.15) is 22.6 Å². The number of nitriles is 1. The first-order chi connectivity index (χ1) is 13.5. The lowest BCUT2D eigenvalue weighted by molar-refractivity contribution is 0.680. The summed E-state index contributed by atoms with van der Waals surface area (Å²) < 4.78 is 1.71. The maximum absolute atomic E-state index is 9.65. The molecule has 0 radical (unpaired) electrons. The van der Waals surface area contributed by atoms with Crippen molar-refractivity contribution in [3.8, 4) is 6.07 Å². The van der Waals surface area contributed by atoms with Gasteiger partial charge < -0.3 is 4.98 Å². The first kappa shape index (κ1) is 18.3. The molecule has 4 rings (SSSR count). The highest BCUT2D eigenvalue weighted by molar-refractivity contribution is 6.31. The summed E-state index contributed by atoms with van der Waals surface area (Å²) in [5.41, 5.74) is 4.55. The third-order valence-electron chi connectivity index (χ3n) is 4.41. The van der Waals surface area contributed by atoms with Crippen LogP contribution in [-0.4, -0.2) is 19.7 Å². The van der Waals surface area contributed by atoms with Gasteiger partial charge in [0.05, 0.1) is 28.8 Å². The molecule has 0 aliphatic rings. The van der Waals surface area contributed by atoms with Gasteiger partial charge in [-0.25, -0.2) is 9.67 Å². The van der Waals surface area contributed by atoms with Crippen molar-refractivity contribution in [1.82, 2.24) is 19.7 Å². The van der Waals surface area contributed by atoms with Crippen molar-refractivity contribution >= 4 is 45.9 Å². The smallest absolute Gasteiger partial charge is 0.149 e. The zero-order chi connectivity index (χ0) is 19.7. The van der Waals surface area contributed by atoms with Crippen LogP contribution in [-0.2, 0) is 6.54 Å². The average molecular weight is 408 g/mol. The van der Waals surface area contributed by atoms with Gasteiger partial charge in [0.25, 0.3) is 0 Å². The predicted molar refractivity (Wildman–Crippen MR) is 112 cm³/mol. The zero-order valence-electron chi connectivity index (χ0n) is 14.9. The van der Waals surface area contributed by atoms with Crippen LogP contribution in [0.5, 0.6) is 0 Å². The van der Waals surface area contributed by atoms with Crippen molar-refractivity contribution in [3.63, 3.8) is 0 Å². The van der Waals surface area contributed by atoms with Gasteiger partial charge in [0.15, 0.2) is 0 Å². The molecule has 0 amide bonds. The van der Waals surface area contributed by atoms with Gasteiger partial charge in [-0.2, -0.15) is 10.4 Å². The molecule has 0 fully saturated rings. The predicted octanol–water partition coefficient (Wildman–Crippen LogP) is 5.49. The second-order valence-corrected chi connectivity index (χ2v) is 7.14. The second kappa shape index (κ2) is 7.51. The van der Waals surface area contributed by atoms with Crippen LogP contribution >= 0.6 is 23.2 Å². The van der Waals surface area contributed by atoms with Crippen LogP contribution < -0.4 is 0 Å². The third-order valence-corrected chi connectivity index (χ3v) is 5.06. The van der Waals surface area contributed by atoms with E-state index in [1.165, 1.54) is 0 Å². The quantitative estimate of drug-likeness (QED) is 0.454. The highest BCUT2D eigenvalue weighted by Crippen LogP contribution is 2.26. The number of para-hydroxylation sites is 2. The minimum Gasteiger partial charge on any atom is -0.337 e. The Kier molecular flexibility index (Phi) is 4.91. The number of benzene rings is 2. The normalized spacial score (nSPS) is 11.7.